The van der Waals surface area contributed by atoms with Gasteiger partial charge < -0.3 is 4.74 Å². The molecular formula is C7H13O2. The molecule has 0 saturated carbocycles. The smallest absolute Gasteiger partial charge is 0.306 e. The van der Waals surface area contributed by atoms with E-state index in [9.17, 15) is 4.79 Å². The van der Waals surface area contributed by atoms with E-state index in [1.165, 1.54) is 0 Å². The molecular weight excluding hydrogens is 116 g/mol. The van der Waals surface area contributed by atoms with E-state index in [0.717, 1.165) is 12.8 Å². The van der Waals surface area contributed by atoms with E-state index in [-0.39, 0.29) is 6.10 Å². The molecule has 0 saturated heterocycles. The van der Waals surface area contributed by atoms with Crippen LogP contribution in [0.1, 0.15) is 26.7 Å². The van der Waals surface area contributed by atoms with E-state index in [2.05, 4.69) is 6.92 Å². The van der Waals surface area contributed by atoms with Crippen LogP contribution < -0.4 is 0 Å². The third-order valence-electron chi connectivity index (χ3n) is 1.21. The van der Waals surface area contributed by atoms with Gasteiger partial charge in [0.1, 0.15) is 6.10 Å². The number of carbonyl (C=O) groups excluding carboxylic acids is 1. The standard InChI is InChI=1S/C7H13O2/c1-4-7(5-2)9-6(3)8/h7H,3-5H2,1-2H3. The average molecular weight is 129 g/mol. The first kappa shape index (κ1) is 8.47. The predicted molar refractivity (Wildman–Crippen MR) is 35.8 cm³/mol. The summed E-state index contributed by atoms with van der Waals surface area (Å²) in [6, 6.07) is 0. The Kier molecular flexibility index (Phi) is 4.10. The lowest BCUT2D eigenvalue weighted by molar-refractivity contribution is -0.143. The second-order valence-corrected chi connectivity index (χ2v) is 1.93. The summed E-state index contributed by atoms with van der Waals surface area (Å²) in [4.78, 5) is 10.2. The van der Waals surface area contributed by atoms with E-state index in [4.69, 9.17) is 4.74 Å². The zero-order valence-electron chi connectivity index (χ0n) is 6.02. The molecule has 0 aliphatic carbocycles. The van der Waals surface area contributed by atoms with Crippen molar-refractivity contribution in [3.63, 3.8) is 0 Å². The van der Waals surface area contributed by atoms with E-state index in [1.54, 1.807) is 0 Å². The van der Waals surface area contributed by atoms with Crippen LogP contribution in [0.25, 0.3) is 0 Å². The van der Waals surface area contributed by atoms with Crippen molar-refractivity contribution in [1.29, 1.82) is 0 Å². The SMILES string of the molecule is [CH2]C(=O)OC(CC)CC. The van der Waals surface area contributed by atoms with Crippen molar-refractivity contribution in [3.05, 3.63) is 6.92 Å². The maximum absolute atomic E-state index is 10.2. The molecule has 0 rings (SSSR count). The minimum Gasteiger partial charge on any atom is -0.462 e. The molecule has 0 bridgehead atoms. The maximum Gasteiger partial charge on any atom is 0.306 e. The van der Waals surface area contributed by atoms with Gasteiger partial charge in [0.2, 0.25) is 0 Å². The number of ether oxygens (including phenoxy) is 1. The van der Waals surface area contributed by atoms with Gasteiger partial charge in [-0.1, -0.05) is 13.8 Å². The first-order chi connectivity index (χ1) is 4.20. The zero-order valence-corrected chi connectivity index (χ0v) is 6.02. The molecule has 1 radical (unpaired) electrons. The van der Waals surface area contributed by atoms with Crippen LogP contribution in [0.4, 0.5) is 0 Å². The zero-order chi connectivity index (χ0) is 7.28. The van der Waals surface area contributed by atoms with Crippen LogP contribution in [-0.2, 0) is 9.53 Å². The molecule has 0 aliphatic heterocycles. The Morgan fingerprint density at radius 2 is 2.00 bits per heavy atom. The third-order valence-corrected chi connectivity index (χ3v) is 1.21. The summed E-state index contributed by atoms with van der Waals surface area (Å²) in [5, 5.41) is 0. The molecule has 0 fully saturated rings. The van der Waals surface area contributed by atoms with Gasteiger partial charge in [-0.15, -0.1) is 0 Å². The van der Waals surface area contributed by atoms with Gasteiger partial charge in [0.05, 0.1) is 6.92 Å². The number of esters is 1. The van der Waals surface area contributed by atoms with Crippen LogP contribution in [0.5, 0.6) is 0 Å². The van der Waals surface area contributed by atoms with Crippen LogP contribution in [0.15, 0.2) is 0 Å². The van der Waals surface area contributed by atoms with Crippen LogP contribution in [0, 0.1) is 6.92 Å². The molecule has 0 heterocycles. The van der Waals surface area contributed by atoms with Crippen molar-refractivity contribution in [2.75, 3.05) is 0 Å². The number of rotatable bonds is 3. The van der Waals surface area contributed by atoms with Gasteiger partial charge >= 0.3 is 5.97 Å². The van der Waals surface area contributed by atoms with Crippen molar-refractivity contribution in [1.82, 2.24) is 0 Å². The van der Waals surface area contributed by atoms with Crippen LogP contribution in [0.2, 0.25) is 0 Å². The summed E-state index contributed by atoms with van der Waals surface area (Å²) in [5.41, 5.74) is 0. The predicted octanol–water partition coefficient (Wildman–Crippen LogP) is 1.55. The summed E-state index contributed by atoms with van der Waals surface area (Å²) in [5.74, 6) is -0.427. The van der Waals surface area contributed by atoms with Crippen molar-refractivity contribution in [3.8, 4) is 0 Å². The second kappa shape index (κ2) is 4.36. The molecule has 0 aromatic carbocycles. The lowest BCUT2D eigenvalue weighted by atomic mass is 10.2. The molecule has 53 valence electrons. The highest BCUT2D eigenvalue weighted by atomic mass is 16.5. The van der Waals surface area contributed by atoms with Gasteiger partial charge in [-0.25, -0.2) is 0 Å². The largest absolute Gasteiger partial charge is 0.462 e. The maximum atomic E-state index is 10.2. The van der Waals surface area contributed by atoms with E-state index in [1.807, 2.05) is 13.8 Å². The molecule has 0 N–H and O–H groups in total. The Balaban J connectivity index is 3.43. The molecule has 0 aromatic heterocycles. The summed E-state index contributed by atoms with van der Waals surface area (Å²) in [6.07, 6.45) is 1.81. The van der Waals surface area contributed by atoms with Gasteiger partial charge in [0, 0.05) is 0 Å². The van der Waals surface area contributed by atoms with E-state index in [0.29, 0.717) is 0 Å². The van der Waals surface area contributed by atoms with E-state index < -0.39 is 5.97 Å². The topological polar surface area (TPSA) is 26.3 Å². The Bertz CT molecular complexity index is 84.9. The number of hydrogen-bond donors (Lipinski definition) is 0. The molecule has 0 aromatic rings. The summed E-state index contributed by atoms with van der Waals surface area (Å²) in [7, 11) is 0. The fourth-order valence-electron chi connectivity index (χ4n) is 0.641. The summed E-state index contributed by atoms with van der Waals surface area (Å²) >= 11 is 0. The first-order valence-corrected chi connectivity index (χ1v) is 3.23. The van der Waals surface area contributed by atoms with Crippen LogP contribution in [0.3, 0.4) is 0 Å². The Hall–Kier alpha value is -0.530. The highest BCUT2D eigenvalue weighted by Gasteiger charge is 2.04. The fraction of sp³-hybridized carbons (Fsp3) is 0.714. The van der Waals surface area contributed by atoms with Gasteiger partial charge in [0.15, 0.2) is 0 Å². The Morgan fingerprint density at radius 1 is 1.56 bits per heavy atom. The van der Waals surface area contributed by atoms with E-state index >= 15 is 0 Å². The highest BCUT2D eigenvalue weighted by Crippen LogP contribution is 2.01. The number of carbonyl (C=O) groups is 1. The molecule has 0 atom stereocenters. The molecule has 0 spiro atoms. The molecule has 2 nitrogen and oxygen atoms in total. The van der Waals surface area contributed by atoms with Crippen molar-refractivity contribution >= 4 is 5.97 Å². The minimum atomic E-state index is -0.427. The molecule has 0 aliphatic rings. The first-order valence-electron chi connectivity index (χ1n) is 3.23. The average Bonchev–Trinajstić information content (AvgIpc) is 1.82. The minimum absolute atomic E-state index is 0.0648. The quantitative estimate of drug-likeness (QED) is 0.540. The molecule has 0 amide bonds. The Labute approximate surface area is 56.2 Å². The monoisotopic (exact) mass is 129 g/mol. The molecule has 2 heteroatoms. The molecule has 0 unspecified atom stereocenters. The number of hydrogen-bond acceptors (Lipinski definition) is 2. The van der Waals surface area contributed by atoms with Crippen LogP contribution >= 0.6 is 0 Å². The van der Waals surface area contributed by atoms with Gasteiger partial charge in [0.25, 0.3) is 0 Å². The normalized spacial score (nSPS) is 9.78. The van der Waals surface area contributed by atoms with Crippen molar-refractivity contribution < 1.29 is 9.53 Å². The second-order valence-electron chi connectivity index (χ2n) is 1.93. The lowest BCUT2D eigenvalue weighted by Crippen LogP contribution is -2.13. The van der Waals surface area contributed by atoms with Crippen molar-refractivity contribution in [2.45, 2.75) is 32.8 Å². The summed E-state index contributed by atoms with van der Waals surface area (Å²) < 4.78 is 4.80. The lowest BCUT2D eigenvalue weighted by Gasteiger charge is -2.10. The molecule has 9 heavy (non-hydrogen) atoms. The van der Waals surface area contributed by atoms with Gasteiger partial charge in [-0.3, -0.25) is 4.79 Å². The van der Waals surface area contributed by atoms with Crippen molar-refractivity contribution in [2.24, 2.45) is 0 Å². The van der Waals surface area contributed by atoms with Crippen LogP contribution in [-0.4, -0.2) is 12.1 Å². The third kappa shape index (κ3) is 4.01. The fourth-order valence-corrected chi connectivity index (χ4v) is 0.641. The van der Waals surface area contributed by atoms with Gasteiger partial charge in [-0.2, -0.15) is 0 Å². The summed E-state index contributed by atoms with van der Waals surface area (Å²) in [6.45, 7) is 7.08. The van der Waals surface area contributed by atoms with Gasteiger partial charge in [-0.05, 0) is 12.8 Å². The highest BCUT2D eigenvalue weighted by molar-refractivity contribution is 5.73. The Morgan fingerprint density at radius 3 is 2.11 bits per heavy atom.